The largest absolute Gasteiger partial charge is 0.345 e. The fraction of sp³-hybridized carbons (Fsp3) is 0.667. The molecule has 1 amide bonds. The molecule has 1 rings (SSSR count). The zero-order chi connectivity index (χ0) is 10.8. The Bertz CT molecular complexity index is 303. The molecule has 0 aromatic carbocycles. The van der Waals surface area contributed by atoms with Crippen LogP contribution >= 0.6 is 0 Å². The van der Waals surface area contributed by atoms with Gasteiger partial charge in [0, 0.05) is 5.54 Å². The zero-order valence-electron chi connectivity index (χ0n) is 8.96. The van der Waals surface area contributed by atoms with E-state index < -0.39 is 0 Å². The van der Waals surface area contributed by atoms with Crippen molar-refractivity contribution in [2.75, 3.05) is 0 Å². The number of carbonyl (C=O) groups excluding carboxylic acids is 1. The molecule has 5 nitrogen and oxygen atoms in total. The van der Waals surface area contributed by atoms with E-state index in [1.165, 1.54) is 6.20 Å². The maximum absolute atomic E-state index is 11.6. The Morgan fingerprint density at radius 2 is 2.21 bits per heavy atom. The van der Waals surface area contributed by atoms with Gasteiger partial charge in [-0.15, -0.1) is 0 Å². The summed E-state index contributed by atoms with van der Waals surface area (Å²) < 4.78 is 0. The van der Waals surface area contributed by atoms with Gasteiger partial charge in [0.05, 0.1) is 6.20 Å². The number of H-pyrrole nitrogens is 1. The lowest BCUT2D eigenvalue weighted by molar-refractivity contribution is 0.0885. The van der Waals surface area contributed by atoms with Gasteiger partial charge in [-0.3, -0.25) is 4.79 Å². The summed E-state index contributed by atoms with van der Waals surface area (Å²) in [4.78, 5) is 11.6. The molecule has 0 aliphatic rings. The van der Waals surface area contributed by atoms with Crippen LogP contribution in [0.5, 0.6) is 0 Å². The smallest absolute Gasteiger partial charge is 0.273 e. The van der Waals surface area contributed by atoms with Crippen molar-refractivity contribution in [2.45, 2.75) is 33.2 Å². The van der Waals surface area contributed by atoms with Crippen molar-refractivity contribution in [3.63, 3.8) is 0 Å². The van der Waals surface area contributed by atoms with Crippen molar-refractivity contribution in [1.82, 2.24) is 20.7 Å². The molecule has 0 fully saturated rings. The molecule has 0 unspecified atom stereocenters. The number of nitrogens with zero attached hydrogens (tertiary/aromatic N) is 2. The first-order valence-electron chi connectivity index (χ1n) is 4.62. The molecule has 1 heterocycles. The Labute approximate surface area is 83.3 Å². The number of hydrogen-bond acceptors (Lipinski definition) is 3. The molecule has 0 atom stereocenters. The third-order valence-corrected chi connectivity index (χ3v) is 2.53. The molecule has 0 radical (unpaired) electrons. The second-order valence-electron chi connectivity index (χ2n) is 4.19. The molecule has 1 aromatic heterocycles. The van der Waals surface area contributed by atoms with Crippen LogP contribution in [0.25, 0.3) is 0 Å². The number of hydrogen-bond donors (Lipinski definition) is 2. The van der Waals surface area contributed by atoms with E-state index in [9.17, 15) is 4.79 Å². The first kappa shape index (κ1) is 10.7. The number of rotatable bonds is 3. The second-order valence-corrected chi connectivity index (χ2v) is 4.19. The van der Waals surface area contributed by atoms with Gasteiger partial charge < -0.3 is 5.32 Å². The maximum atomic E-state index is 11.6. The topological polar surface area (TPSA) is 70.7 Å². The van der Waals surface area contributed by atoms with E-state index in [-0.39, 0.29) is 11.4 Å². The lowest BCUT2D eigenvalue weighted by atomic mass is 9.90. The fourth-order valence-electron chi connectivity index (χ4n) is 0.812. The first-order valence-corrected chi connectivity index (χ1v) is 4.62. The third-order valence-electron chi connectivity index (χ3n) is 2.53. The number of nitrogens with one attached hydrogen (secondary N) is 2. The fourth-order valence-corrected chi connectivity index (χ4v) is 0.812. The molecule has 0 spiro atoms. The molecule has 5 heteroatoms. The van der Waals surface area contributed by atoms with Crippen molar-refractivity contribution in [2.24, 2.45) is 5.92 Å². The molecule has 1 aromatic rings. The number of aromatic nitrogens is 3. The summed E-state index contributed by atoms with van der Waals surface area (Å²) in [6, 6.07) is 0. The predicted molar refractivity (Wildman–Crippen MR) is 52.8 cm³/mol. The lowest BCUT2D eigenvalue weighted by Gasteiger charge is -2.30. The molecular formula is C9H16N4O. The van der Waals surface area contributed by atoms with Crippen LogP contribution in [0.1, 0.15) is 38.2 Å². The Hall–Kier alpha value is -1.39. The van der Waals surface area contributed by atoms with Crippen molar-refractivity contribution in [3.8, 4) is 0 Å². The highest BCUT2D eigenvalue weighted by atomic mass is 16.2. The van der Waals surface area contributed by atoms with Crippen LogP contribution < -0.4 is 5.32 Å². The third kappa shape index (κ3) is 2.31. The van der Waals surface area contributed by atoms with Crippen molar-refractivity contribution in [3.05, 3.63) is 11.9 Å². The van der Waals surface area contributed by atoms with Gasteiger partial charge in [0.2, 0.25) is 0 Å². The van der Waals surface area contributed by atoms with Crippen LogP contribution in [0.2, 0.25) is 0 Å². The molecule has 0 saturated carbocycles. The van der Waals surface area contributed by atoms with E-state index in [4.69, 9.17) is 0 Å². The molecule has 0 bridgehead atoms. The maximum Gasteiger partial charge on any atom is 0.273 e. The average molecular weight is 196 g/mol. The summed E-state index contributed by atoms with van der Waals surface area (Å²) in [5.74, 6) is 0.163. The minimum atomic E-state index is -0.240. The molecular weight excluding hydrogens is 180 g/mol. The average Bonchev–Trinajstić information content (AvgIpc) is 2.54. The number of aromatic amines is 1. The van der Waals surface area contributed by atoms with Gasteiger partial charge in [0.15, 0.2) is 5.69 Å². The van der Waals surface area contributed by atoms with Crippen molar-refractivity contribution >= 4 is 5.91 Å². The van der Waals surface area contributed by atoms with Crippen LogP contribution in [0.4, 0.5) is 0 Å². The number of amides is 1. The van der Waals surface area contributed by atoms with Gasteiger partial charge in [-0.05, 0) is 19.8 Å². The summed E-state index contributed by atoms with van der Waals surface area (Å²) in [6.45, 7) is 8.08. The molecule has 0 aliphatic carbocycles. The van der Waals surface area contributed by atoms with Gasteiger partial charge in [0.25, 0.3) is 5.91 Å². The van der Waals surface area contributed by atoms with E-state index >= 15 is 0 Å². The number of carbonyl (C=O) groups is 1. The lowest BCUT2D eigenvalue weighted by Crippen LogP contribution is -2.47. The Morgan fingerprint density at radius 3 is 2.64 bits per heavy atom. The van der Waals surface area contributed by atoms with E-state index in [1.54, 1.807) is 0 Å². The summed E-state index contributed by atoms with van der Waals surface area (Å²) in [6.07, 6.45) is 1.41. The quantitative estimate of drug-likeness (QED) is 0.756. The van der Waals surface area contributed by atoms with E-state index in [2.05, 4.69) is 34.6 Å². The summed E-state index contributed by atoms with van der Waals surface area (Å²) >= 11 is 0. The SMILES string of the molecule is CC(C)C(C)(C)NC(=O)c1cn[nH]n1. The van der Waals surface area contributed by atoms with Gasteiger partial charge in [-0.1, -0.05) is 13.8 Å². The minimum Gasteiger partial charge on any atom is -0.345 e. The molecule has 78 valence electrons. The normalized spacial score (nSPS) is 11.8. The van der Waals surface area contributed by atoms with Crippen LogP contribution in [-0.4, -0.2) is 26.9 Å². The van der Waals surface area contributed by atoms with Crippen LogP contribution in [0, 0.1) is 5.92 Å². The molecule has 0 aliphatic heterocycles. The van der Waals surface area contributed by atoms with E-state index in [1.807, 2.05) is 13.8 Å². The standard InChI is InChI=1S/C9H16N4O/c1-6(2)9(3,4)11-8(14)7-5-10-13-12-7/h5-6H,1-4H3,(H,11,14)(H,10,12,13). The van der Waals surface area contributed by atoms with Crippen LogP contribution in [0.3, 0.4) is 0 Å². The monoisotopic (exact) mass is 196 g/mol. The van der Waals surface area contributed by atoms with Gasteiger partial charge in [-0.25, -0.2) is 0 Å². The molecule has 0 saturated heterocycles. The first-order chi connectivity index (χ1) is 6.43. The van der Waals surface area contributed by atoms with E-state index in [0.717, 1.165) is 0 Å². The predicted octanol–water partition coefficient (Wildman–Crippen LogP) is 0.969. The van der Waals surface area contributed by atoms with Crippen molar-refractivity contribution in [1.29, 1.82) is 0 Å². The highest BCUT2D eigenvalue weighted by molar-refractivity contribution is 5.92. The highest BCUT2D eigenvalue weighted by Gasteiger charge is 2.25. The highest BCUT2D eigenvalue weighted by Crippen LogP contribution is 2.15. The van der Waals surface area contributed by atoms with Crippen LogP contribution in [-0.2, 0) is 0 Å². The van der Waals surface area contributed by atoms with Crippen molar-refractivity contribution < 1.29 is 4.79 Å². The zero-order valence-corrected chi connectivity index (χ0v) is 8.96. The molecule has 2 N–H and O–H groups in total. The van der Waals surface area contributed by atoms with Gasteiger partial charge in [-0.2, -0.15) is 15.4 Å². The summed E-state index contributed by atoms with van der Waals surface area (Å²) in [5, 5.41) is 12.6. The van der Waals surface area contributed by atoms with E-state index in [0.29, 0.717) is 11.6 Å². The Balaban J connectivity index is 2.66. The Kier molecular flexibility index (Phi) is 2.88. The van der Waals surface area contributed by atoms with Gasteiger partial charge in [0.1, 0.15) is 0 Å². The molecule has 14 heavy (non-hydrogen) atoms. The Morgan fingerprint density at radius 1 is 1.57 bits per heavy atom. The van der Waals surface area contributed by atoms with Gasteiger partial charge >= 0.3 is 0 Å². The minimum absolute atomic E-state index is 0.197. The van der Waals surface area contributed by atoms with Crippen LogP contribution in [0.15, 0.2) is 6.20 Å². The summed E-state index contributed by atoms with van der Waals surface area (Å²) in [7, 11) is 0. The summed E-state index contributed by atoms with van der Waals surface area (Å²) in [5.41, 5.74) is 0.0782. The second kappa shape index (κ2) is 3.77.